The highest BCUT2D eigenvalue weighted by Gasteiger charge is 2.10. The predicted octanol–water partition coefficient (Wildman–Crippen LogP) is 3.45. The normalized spacial score (nSPS) is 16.6. The highest BCUT2D eigenvalue weighted by molar-refractivity contribution is 14.1. The lowest BCUT2D eigenvalue weighted by molar-refractivity contribution is 0.352. The summed E-state index contributed by atoms with van der Waals surface area (Å²) < 4.78 is 1.17. The van der Waals surface area contributed by atoms with Crippen molar-refractivity contribution in [2.75, 3.05) is 31.5 Å². The number of hydrogen-bond acceptors (Lipinski definition) is 2. The smallest absolute Gasteiger partial charge is 0.0648 e. The fourth-order valence-corrected chi connectivity index (χ4v) is 2.91. The van der Waals surface area contributed by atoms with Crippen molar-refractivity contribution >= 4 is 39.9 Å². The summed E-state index contributed by atoms with van der Waals surface area (Å²) in [5.74, 6) is 0. The van der Waals surface area contributed by atoms with Crippen LogP contribution in [0.5, 0.6) is 0 Å². The molecule has 1 heterocycles. The second-order valence-electron chi connectivity index (χ2n) is 4.10. The molecule has 0 bridgehead atoms. The molecule has 88 valence electrons. The Kier molecular flexibility index (Phi) is 4.73. The van der Waals surface area contributed by atoms with E-state index in [-0.39, 0.29) is 0 Å². The molecule has 1 fully saturated rings. The SMILES string of the molecule is Clc1cc(I)ccc1NCCN1CCCC1. The first-order valence-corrected chi connectivity index (χ1v) is 7.12. The van der Waals surface area contributed by atoms with E-state index >= 15 is 0 Å². The molecule has 1 N–H and O–H groups in total. The topological polar surface area (TPSA) is 15.3 Å². The third-order valence-electron chi connectivity index (χ3n) is 2.87. The zero-order valence-corrected chi connectivity index (χ0v) is 12.1. The number of anilines is 1. The van der Waals surface area contributed by atoms with E-state index in [1.54, 1.807) is 0 Å². The van der Waals surface area contributed by atoms with E-state index in [0.29, 0.717) is 0 Å². The van der Waals surface area contributed by atoms with Gasteiger partial charge in [-0.25, -0.2) is 0 Å². The summed E-state index contributed by atoms with van der Waals surface area (Å²) in [6, 6.07) is 6.11. The summed E-state index contributed by atoms with van der Waals surface area (Å²) >= 11 is 8.41. The molecule has 1 aromatic carbocycles. The quantitative estimate of drug-likeness (QED) is 0.837. The second-order valence-corrected chi connectivity index (χ2v) is 5.75. The molecule has 0 aliphatic carbocycles. The Balaban J connectivity index is 1.80. The van der Waals surface area contributed by atoms with Crippen LogP contribution in [0.2, 0.25) is 5.02 Å². The molecule has 16 heavy (non-hydrogen) atoms. The van der Waals surface area contributed by atoms with Crippen molar-refractivity contribution in [3.8, 4) is 0 Å². The summed E-state index contributed by atoms with van der Waals surface area (Å²) in [4.78, 5) is 2.49. The van der Waals surface area contributed by atoms with Gasteiger partial charge in [0.15, 0.2) is 0 Å². The van der Waals surface area contributed by atoms with Crippen LogP contribution < -0.4 is 5.32 Å². The molecule has 1 aliphatic heterocycles. The minimum absolute atomic E-state index is 0.813. The number of benzene rings is 1. The maximum absolute atomic E-state index is 6.14. The van der Waals surface area contributed by atoms with Crippen LogP contribution >= 0.6 is 34.2 Å². The average Bonchev–Trinajstić information content (AvgIpc) is 2.74. The fourth-order valence-electron chi connectivity index (χ4n) is 1.99. The molecule has 2 rings (SSSR count). The van der Waals surface area contributed by atoms with Crippen LogP contribution in [0.1, 0.15) is 12.8 Å². The fraction of sp³-hybridized carbons (Fsp3) is 0.500. The van der Waals surface area contributed by atoms with E-state index < -0.39 is 0 Å². The van der Waals surface area contributed by atoms with Gasteiger partial charge in [-0.05, 0) is 66.7 Å². The molecule has 0 aromatic heterocycles. The van der Waals surface area contributed by atoms with Gasteiger partial charge in [0.2, 0.25) is 0 Å². The molecule has 0 saturated carbocycles. The average molecular weight is 351 g/mol. The highest BCUT2D eigenvalue weighted by Crippen LogP contribution is 2.23. The lowest BCUT2D eigenvalue weighted by Crippen LogP contribution is -2.25. The Morgan fingerprint density at radius 3 is 2.75 bits per heavy atom. The lowest BCUT2D eigenvalue weighted by Gasteiger charge is -2.15. The highest BCUT2D eigenvalue weighted by atomic mass is 127. The van der Waals surface area contributed by atoms with Crippen LogP contribution in [-0.4, -0.2) is 31.1 Å². The number of hydrogen-bond donors (Lipinski definition) is 1. The van der Waals surface area contributed by atoms with E-state index in [9.17, 15) is 0 Å². The van der Waals surface area contributed by atoms with Crippen molar-refractivity contribution in [3.05, 3.63) is 26.8 Å². The van der Waals surface area contributed by atoms with Crippen molar-refractivity contribution in [3.63, 3.8) is 0 Å². The third kappa shape index (κ3) is 3.50. The largest absolute Gasteiger partial charge is 0.383 e. The van der Waals surface area contributed by atoms with Gasteiger partial charge in [0.05, 0.1) is 10.7 Å². The molecular weight excluding hydrogens is 335 g/mol. The van der Waals surface area contributed by atoms with Crippen molar-refractivity contribution in [2.24, 2.45) is 0 Å². The molecule has 1 saturated heterocycles. The first kappa shape index (κ1) is 12.5. The Bertz CT molecular complexity index is 351. The van der Waals surface area contributed by atoms with Gasteiger partial charge in [0, 0.05) is 16.7 Å². The van der Waals surface area contributed by atoms with Gasteiger partial charge in [-0.2, -0.15) is 0 Å². The van der Waals surface area contributed by atoms with Crippen molar-refractivity contribution in [1.82, 2.24) is 4.90 Å². The summed E-state index contributed by atoms with van der Waals surface area (Å²) in [7, 11) is 0. The molecule has 2 nitrogen and oxygen atoms in total. The molecule has 1 aromatic rings. The summed E-state index contributed by atoms with van der Waals surface area (Å²) in [6.45, 7) is 4.59. The Hall–Kier alpha value is -0.000000000000000132. The maximum atomic E-state index is 6.14. The monoisotopic (exact) mass is 350 g/mol. The Labute approximate surface area is 115 Å². The molecule has 0 unspecified atom stereocenters. The van der Waals surface area contributed by atoms with Crippen LogP contribution in [0.3, 0.4) is 0 Å². The molecule has 0 atom stereocenters. The Morgan fingerprint density at radius 2 is 2.06 bits per heavy atom. The van der Waals surface area contributed by atoms with E-state index in [0.717, 1.165) is 23.8 Å². The van der Waals surface area contributed by atoms with Gasteiger partial charge >= 0.3 is 0 Å². The third-order valence-corrected chi connectivity index (χ3v) is 3.86. The van der Waals surface area contributed by atoms with E-state index in [1.807, 2.05) is 12.1 Å². The first-order chi connectivity index (χ1) is 7.75. The van der Waals surface area contributed by atoms with Crippen molar-refractivity contribution < 1.29 is 0 Å². The van der Waals surface area contributed by atoms with Gasteiger partial charge < -0.3 is 10.2 Å². The molecule has 4 heteroatoms. The maximum Gasteiger partial charge on any atom is 0.0648 e. The van der Waals surface area contributed by atoms with Crippen LogP contribution in [0.4, 0.5) is 5.69 Å². The lowest BCUT2D eigenvalue weighted by atomic mass is 10.3. The number of likely N-dealkylation sites (tertiary alicyclic amines) is 1. The predicted molar refractivity (Wildman–Crippen MR) is 78.3 cm³/mol. The number of nitrogens with zero attached hydrogens (tertiary/aromatic N) is 1. The van der Waals surface area contributed by atoms with Crippen LogP contribution in [0.25, 0.3) is 0 Å². The minimum atomic E-state index is 0.813. The molecular formula is C12H16ClIN2. The molecule has 1 aliphatic rings. The summed E-state index contributed by atoms with van der Waals surface area (Å²) in [5.41, 5.74) is 1.04. The van der Waals surface area contributed by atoms with Crippen LogP contribution in [0, 0.1) is 3.57 Å². The second kappa shape index (κ2) is 6.07. The molecule has 0 spiro atoms. The number of nitrogens with one attached hydrogen (secondary N) is 1. The van der Waals surface area contributed by atoms with E-state index in [1.165, 1.54) is 29.5 Å². The molecule has 0 radical (unpaired) electrons. The van der Waals surface area contributed by atoms with Crippen molar-refractivity contribution in [2.45, 2.75) is 12.8 Å². The first-order valence-electron chi connectivity index (χ1n) is 5.67. The minimum Gasteiger partial charge on any atom is -0.383 e. The summed E-state index contributed by atoms with van der Waals surface area (Å²) in [5, 5.41) is 4.20. The molecule has 0 amide bonds. The van der Waals surface area contributed by atoms with Gasteiger partial charge in [0.1, 0.15) is 0 Å². The standard InChI is InChI=1S/C12H16ClIN2/c13-11-9-10(14)3-4-12(11)15-5-8-16-6-1-2-7-16/h3-4,9,15H,1-2,5-8H2. The van der Waals surface area contributed by atoms with Crippen molar-refractivity contribution in [1.29, 1.82) is 0 Å². The van der Waals surface area contributed by atoms with E-state index in [4.69, 9.17) is 11.6 Å². The van der Waals surface area contributed by atoms with Gasteiger partial charge in [0.25, 0.3) is 0 Å². The van der Waals surface area contributed by atoms with E-state index in [2.05, 4.69) is 38.9 Å². The van der Waals surface area contributed by atoms with Crippen LogP contribution in [-0.2, 0) is 0 Å². The summed E-state index contributed by atoms with van der Waals surface area (Å²) in [6.07, 6.45) is 2.70. The van der Waals surface area contributed by atoms with Gasteiger partial charge in [-0.15, -0.1) is 0 Å². The number of rotatable bonds is 4. The number of halogens is 2. The van der Waals surface area contributed by atoms with Crippen LogP contribution in [0.15, 0.2) is 18.2 Å². The zero-order chi connectivity index (χ0) is 11.4. The Morgan fingerprint density at radius 1 is 1.31 bits per heavy atom. The van der Waals surface area contributed by atoms with Gasteiger partial charge in [-0.1, -0.05) is 11.6 Å². The van der Waals surface area contributed by atoms with Gasteiger partial charge in [-0.3, -0.25) is 0 Å². The zero-order valence-electron chi connectivity index (χ0n) is 9.18.